The van der Waals surface area contributed by atoms with Crippen LogP contribution >= 0.6 is 0 Å². The molecule has 0 atom stereocenters. The summed E-state index contributed by atoms with van der Waals surface area (Å²) in [6, 6.07) is 7.27. The number of carbonyl (C=O) groups is 3. The average molecular weight is 528 g/mol. The van der Waals surface area contributed by atoms with E-state index in [4.69, 9.17) is 0 Å². The lowest BCUT2D eigenvalue weighted by atomic mass is 10.1. The summed E-state index contributed by atoms with van der Waals surface area (Å²) >= 11 is 0. The molecule has 11 heteroatoms. The van der Waals surface area contributed by atoms with Gasteiger partial charge in [0.25, 0.3) is 5.91 Å². The summed E-state index contributed by atoms with van der Waals surface area (Å²) in [5, 5.41) is 9.72. The molecule has 1 saturated carbocycles. The van der Waals surface area contributed by atoms with Gasteiger partial charge in [0.2, 0.25) is 11.8 Å². The molecular formula is C26H33N5O5S. The first-order chi connectivity index (χ1) is 17.5. The van der Waals surface area contributed by atoms with Crippen molar-refractivity contribution < 1.29 is 22.8 Å². The quantitative estimate of drug-likeness (QED) is 0.506. The molecule has 2 heterocycles. The zero-order valence-corrected chi connectivity index (χ0v) is 22.2. The number of aromatic nitrogens is 2. The number of rotatable bonds is 8. The third kappa shape index (κ3) is 6.65. The number of carbonyl (C=O) groups excluding carboxylic acids is 3. The standard InChI is InChI=1S/C26H33N5O5S/c1-17-19(16-27-26(34)23-15-22(18-7-8-18)29-30(23)2)5-4-6-21(17)28-24(32)9-10-25(33)31-13-11-20(12-14-31)37(3,35)36/h4-6,9-10,15,18,20H,7-8,11-14,16H2,1-3H3,(H,27,34)(H,28,32)/b10-9+. The Morgan fingerprint density at radius 3 is 2.46 bits per heavy atom. The highest BCUT2D eigenvalue weighted by atomic mass is 32.2. The van der Waals surface area contributed by atoms with Crippen molar-refractivity contribution in [2.24, 2.45) is 7.05 Å². The Kier molecular flexibility index (Phi) is 7.82. The summed E-state index contributed by atoms with van der Waals surface area (Å²) in [5.74, 6) is -0.522. The van der Waals surface area contributed by atoms with Crippen LogP contribution in [0.1, 0.15) is 58.9 Å². The highest BCUT2D eigenvalue weighted by molar-refractivity contribution is 7.91. The molecule has 0 spiro atoms. The van der Waals surface area contributed by atoms with Crippen molar-refractivity contribution in [1.82, 2.24) is 20.0 Å². The number of aryl methyl sites for hydroxylation is 1. The summed E-state index contributed by atoms with van der Waals surface area (Å²) in [5.41, 5.74) is 3.71. The lowest BCUT2D eigenvalue weighted by molar-refractivity contribution is -0.127. The zero-order chi connectivity index (χ0) is 26.7. The minimum absolute atomic E-state index is 0.210. The van der Waals surface area contributed by atoms with Crippen LogP contribution in [0.15, 0.2) is 36.4 Å². The Bertz CT molecular complexity index is 1340. The third-order valence-electron chi connectivity index (χ3n) is 7.01. The number of nitrogens with zero attached hydrogens (tertiary/aromatic N) is 3. The fourth-order valence-electron chi connectivity index (χ4n) is 4.49. The van der Waals surface area contributed by atoms with Gasteiger partial charge in [0.15, 0.2) is 0 Å². The van der Waals surface area contributed by atoms with E-state index in [0.717, 1.165) is 29.7 Å². The molecule has 2 N–H and O–H groups in total. The Hall–Kier alpha value is -3.47. The van der Waals surface area contributed by atoms with E-state index in [9.17, 15) is 22.8 Å². The predicted molar refractivity (Wildman–Crippen MR) is 140 cm³/mol. The van der Waals surface area contributed by atoms with E-state index in [2.05, 4.69) is 15.7 Å². The molecule has 1 aliphatic carbocycles. The van der Waals surface area contributed by atoms with Crippen LogP contribution < -0.4 is 10.6 Å². The van der Waals surface area contributed by atoms with Gasteiger partial charge < -0.3 is 15.5 Å². The Labute approximate surface area is 217 Å². The second-order valence-corrected chi connectivity index (χ2v) is 12.1. The molecule has 1 aromatic carbocycles. The van der Waals surface area contributed by atoms with Gasteiger partial charge in [-0.05, 0) is 55.9 Å². The summed E-state index contributed by atoms with van der Waals surface area (Å²) in [6.07, 6.45) is 6.63. The van der Waals surface area contributed by atoms with Crippen LogP contribution in [0.3, 0.4) is 0 Å². The van der Waals surface area contributed by atoms with Crippen molar-refractivity contribution in [3.8, 4) is 0 Å². The highest BCUT2D eigenvalue weighted by Crippen LogP contribution is 2.39. The van der Waals surface area contributed by atoms with E-state index in [1.165, 1.54) is 18.4 Å². The van der Waals surface area contributed by atoms with Crippen molar-refractivity contribution in [2.45, 2.75) is 50.3 Å². The predicted octanol–water partition coefficient (Wildman–Crippen LogP) is 2.07. The largest absolute Gasteiger partial charge is 0.347 e. The molecule has 2 aromatic rings. The molecule has 198 valence electrons. The highest BCUT2D eigenvalue weighted by Gasteiger charge is 2.29. The number of piperidine rings is 1. The number of sulfone groups is 1. The summed E-state index contributed by atoms with van der Waals surface area (Å²) in [4.78, 5) is 39.1. The molecule has 1 aromatic heterocycles. The number of hydrogen-bond donors (Lipinski definition) is 2. The minimum Gasteiger partial charge on any atom is -0.347 e. The first kappa shape index (κ1) is 26.6. The maximum atomic E-state index is 12.7. The Balaban J connectivity index is 1.30. The van der Waals surface area contributed by atoms with Gasteiger partial charge in [-0.25, -0.2) is 8.42 Å². The van der Waals surface area contributed by atoms with Crippen LogP contribution in [0.2, 0.25) is 0 Å². The van der Waals surface area contributed by atoms with Gasteiger partial charge >= 0.3 is 0 Å². The van der Waals surface area contributed by atoms with Crippen LogP contribution in [0, 0.1) is 6.92 Å². The van der Waals surface area contributed by atoms with Crippen LogP contribution in [0.4, 0.5) is 5.69 Å². The van der Waals surface area contributed by atoms with Crippen molar-refractivity contribution in [3.63, 3.8) is 0 Å². The molecule has 37 heavy (non-hydrogen) atoms. The molecule has 1 aliphatic heterocycles. The molecule has 4 rings (SSSR count). The SMILES string of the molecule is Cc1c(CNC(=O)c2cc(C3CC3)nn2C)cccc1NC(=O)/C=C/C(=O)N1CCC(S(C)(=O)=O)CC1. The second kappa shape index (κ2) is 10.9. The number of likely N-dealkylation sites (tertiary alicyclic amines) is 1. The molecule has 1 saturated heterocycles. The smallest absolute Gasteiger partial charge is 0.269 e. The van der Waals surface area contributed by atoms with Gasteiger partial charge in [0.1, 0.15) is 15.5 Å². The third-order valence-corrected chi connectivity index (χ3v) is 8.69. The summed E-state index contributed by atoms with van der Waals surface area (Å²) < 4.78 is 25.0. The van der Waals surface area contributed by atoms with E-state index in [1.807, 2.05) is 19.1 Å². The van der Waals surface area contributed by atoms with Gasteiger partial charge in [-0.15, -0.1) is 0 Å². The summed E-state index contributed by atoms with van der Waals surface area (Å²) in [7, 11) is -1.35. The average Bonchev–Trinajstić information content (AvgIpc) is 3.64. The van der Waals surface area contributed by atoms with Crippen molar-refractivity contribution in [3.05, 3.63) is 58.9 Å². The van der Waals surface area contributed by atoms with Gasteiger partial charge in [0, 0.05) is 56.7 Å². The van der Waals surface area contributed by atoms with E-state index >= 15 is 0 Å². The molecule has 0 bridgehead atoms. The number of benzene rings is 1. The first-order valence-electron chi connectivity index (χ1n) is 12.4. The molecule has 0 unspecified atom stereocenters. The summed E-state index contributed by atoms with van der Waals surface area (Å²) in [6.45, 7) is 2.83. The monoisotopic (exact) mass is 527 g/mol. The lowest BCUT2D eigenvalue weighted by Crippen LogP contribution is -2.41. The number of nitrogens with one attached hydrogen (secondary N) is 2. The maximum absolute atomic E-state index is 12.7. The van der Waals surface area contributed by atoms with Crippen LogP contribution in [-0.2, 0) is 33.0 Å². The lowest BCUT2D eigenvalue weighted by Gasteiger charge is -2.30. The fourth-order valence-corrected chi connectivity index (χ4v) is 5.56. The van der Waals surface area contributed by atoms with Crippen LogP contribution in [-0.4, -0.2) is 65.4 Å². The van der Waals surface area contributed by atoms with E-state index < -0.39 is 21.0 Å². The fraction of sp³-hybridized carbons (Fsp3) is 0.462. The normalized spacial score (nSPS) is 16.7. The Morgan fingerprint density at radius 1 is 1.11 bits per heavy atom. The van der Waals surface area contributed by atoms with Gasteiger partial charge in [0.05, 0.1) is 10.9 Å². The van der Waals surface area contributed by atoms with Crippen molar-refractivity contribution in [2.75, 3.05) is 24.7 Å². The van der Waals surface area contributed by atoms with E-state index in [-0.39, 0.29) is 18.4 Å². The molecular weight excluding hydrogens is 494 g/mol. The number of hydrogen-bond acceptors (Lipinski definition) is 6. The first-order valence-corrected chi connectivity index (χ1v) is 14.4. The molecule has 3 amide bonds. The topological polar surface area (TPSA) is 130 Å². The second-order valence-electron chi connectivity index (χ2n) is 9.80. The number of amides is 3. The molecule has 0 radical (unpaired) electrons. The Morgan fingerprint density at radius 2 is 1.81 bits per heavy atom. The van der Waals surface area contributed by atoms with Gasteiger partial charge in [-0.3, -0.25) is 19.1 Å². The maximum Gasteiger partial charge on any atom is 0.269 e. The minimum atomic E-state index is -3.12. The van der Waals surface area contributed by atoms with E-state index in [1.54, 1.807) is 28.8 Å². The van der Waals surface area contributed by atoms with Gasteiger partial charge in [-0.2, -0.15) is 5.10 Å². The zero-order valence-electron chi connectivity index (χ0n) is 21.4. The van der Waals surface area contributed by atoms with Gasteiger partial charge in [-0.1, -0.05) is 12.1 Å². The van der Waals surface area contributed by atoms with Crippen LogP contribution in [0.5, 0.6) is 0 Å². The number of anilines is 1. The molecule has 10 nitrogen and oxygen atoms in total. The van der Waals surface area contributed by atoms with Crippen LogP contribution in [0.25, 0.3) is 0 Å². The van der Waals surface area contributed by atoms with Crippen molar-refractivity contribution in [1.29, 1.82) is 0 Å². The molecule has 2 fully saturated rings. The van der Waals surface area contributed by atoms with E-state index in [0.29, 0.717) is 43.2 Å². The molecule has 2 aliphatic rings. The van der Waals surface area contributed by atoms with Crippen molar-refractivity contribution >= 4 is 33.2 Å².